The monoisotopic (exact) mass is 643 g/mol. The maximum Gasteiger partial charge on any atom is 0.338 e. The zero-order valence-corrected chi connectivity index (χ0v) is 26.3. The Labute approximate surface area is 268 Å². The van der Waals surface area contributed by atoms with Crippen LogP contribution in [0.2, 0.25) is 0 Å². The summed E-state index contributed by atoms with van der Waals surface area (Å²) in [7, 11) is 1.39. The van der Waals surface area contributed by atoms with Crippen molar-refractivity contribution in [2.24, 2.45) is 0 Å². The Kier molecular flexibility index (Phi) is 12.5. The van der Waals surface area contributed by atoms with Crippen LogP contribution < -0.4 is 10.1 Å². The molecule has 46 heavy (non-hydrogen) atoms. The molecular weight excluding hydrogens is 598 g/mol. The second kappa shape index (κ2) is 16.3. The average molecular weight is 644 g/mol. The normalized spacial score (nSPS) is 17.9. The largest absolute Gasteiger partial charge is 0.494 e. The predicted molar refractivity (Wildman–Crippen MR) is 166 cm³/mol. The molecule has 2 amide bonds. The molecule has 2 aliphatic rings. The number of methoxy groups -OCH3 is 1. The molecule has 1 aliphatic carbocycles. The number of nitrogens with zero attached hydrogens (tertiary/aromatic N) is 2. The lowest BCUT2D eigenvalue weighted by atomic mass is 9.98. The second-order valence-corrected chi connectivity index (χ2v) is 11.8. The maximum absolute atomic E-state index is 13.1. The van der Waals surface area contributed by atoms with Gasteiger partial charge in [-0.2, -0.15) is 0 Å². The van der Waals surface area contributed by atoms with Crippen LogP contribution in [0.4, 0.5) is 0 Å². The Balaban J connectivity index is 1.27. The van der Waals surface area contributed by atoms with Gasteiger partial charge in [-0.25, -0.2) is 4.79 Å². The molecule has 4 atom stereocenters. The minimum absolute atomic E-state index is 0.0222. The minimum atomic E-state index is -1.78. The quantitative estimate of drug-likeness (QED) is 0.141. The Morgan fingerprint density at radius 1 is 0.957 bits per heavy atom. The van der Waals surface area contributed by atoms with E-state index in [1.165, 1.54) is 7.11 Å². The summed E-state index contributed by atoms with van der Waals surface area (Å²) in [4.78, 5) is 42.1. The molecule has 0 unspecified atom stereocenters. The van der Waals surface area contributed by atoms with Crippen molar-refractivity contribution in [3.05, 3.63) is 64.2 Å². The summed E-state index contributed by atoms with van der Waals surface area (Å²) in [5.74, 6) is 0.126. The summed E-state index contributed by atoms with van der Waals surface area (Å²) >= 11 is 0. The van der Waals surface area contributed by atoms with Crippen LogP contribution in [0.3, 0.4) is 0 Å². The van der Waals surface area contributed by atoms with Gasteiger partial charge in [-0.15, -0.1) is 0 Å². The highest BCUT2D eigenvalue weighted by Crippen LogP contribution is 2.44. The van der Waals surface area contributed by atoms with Crippen LogP contribution in [0.15, 0.2) is 36.4 Å². The smallest absolute Gasteiger partial charge is 0.338 e. The van der Waals surface area contributed by atoms with Crippen LogP contribution in [0, 0.1) is 0 Å². The molecule has 1 heterocycles. The van der Waals surface area contributed by atoms with Crippen LogP contribution >= 0.6 is 0 Å². The predicted octanol–water partition coefficient (Wildman–Crippen LogP) is -0.198. The van der Waals surface area contributed by atoms with Crippen molar-refractivity contribution in [3.63, 3.8) is 0 Å². The molecule has 13 heteroatoms. The summed E-state index contributed by atoms with van der Waals surface area (Å²) in [5, 5.41) is 50.3. The second-order valence-electron chi connectivity index (χ2n) is 11.8. The number of nitrogens with one attached hydrogen (secondary N) is 1. The molecule has 0 aromatic heterocycles. The Morgan fingerprint density at radius 3 is 2.20 bits per heavy atom. The van der Waals surface area contributed by atoms with E-state index in [0.717, 1.165) is 29.5 Å². The van der Waals surface area contributed by atoms with Gasteiger partial charge < -0.3 is 45.2 Å². The van der Waals surface area contributed by atoms with Crippen molar-refractivity contribution >= 4 is 17.8 Å². The first-order valence-electron chi connectivity index (χ1n) is 15.6. The van der Waals surface area contributed by atoms with Crippen molar-refractivity contribution < 1.29 is 49.4 Å². The first-order valence-corrected chi connectivity index (χ1v) is 15.6. The van der Waals surface area contributed by atoms with E-state index in [-0.39, 0.29) is 23.9 Å². The lowest BCUT2D eigenvalue weighted by Crippen LogP contribution is -2.49. The third-order valence-electron chi connectivity index (χ3n) is 8.44. The Bertz CT molecular complexity index is 1340. The number of aliphatic hydroxyl groups is 5. The van der Waals surface area contributed by atoms with E-state index in [2.05, 4.69) is 16.3 Å². The van der Waals surface area contributed by atoms with Gasteiger partial charge in [0.05, 0.1) is 38.4 Å². The van der Waals surface area contributed by atoms with Crippen molar-refractivity contribution in [2.75, 3.05) is 53.0 Å². The fourth-order valence-electron chi connectivity index (χ4n) is 5.52. The molecule has 0 bridgehead atoms. The summed E-state index contributed by atoms with van der Waals surface area (Å²) < 4.78 is 10.9. The number of piperazine rings is 1. The van der Waals surface area contributed by atoms with E-state index < -0.39 is 43.5 Å². The molecule has 0 spiro atoms. The van der Waals surface area contributed by atoms with E-state index in [1.54, 1.807) is 30.3 Å². The van der Waals surface area contributed by atoms with Crippen LogP contribution in [0.25, 0.3) is 0 Å². The highest BCUT2D eigenvalue weighted by molar-refractivity contribution is 5.94. The summed E-state index contributed by atoms with van der Waals surface area (Å²) in [6, 6.07) is 10.4. The van der Waals surface area contributed by atoms with Gasteiger partial charge in [-0.05, 0) is 61.1 Å². The number of amides is 2. The third kappa shape index (κ3) is 9.02. The van der Waals surface area contributed by atoms with Gasteiger partial charge in [0.2, 0.25) is 5.91 Å². The van der Waals surface area contributed by atoms with Crippen LogP contribution in [0.5, 0.6) is 5.75 Å². The number of aliphatic hydroxyl groups excluding tert-OH is 5. The molecule has 2 fully saturated rings. The fourth-order valence-corrected chi connectivity index (χ4v) is 5.52. The van der Waals surface area contributed by atoms with Gasteiger partial charge in [0.1, 0.15) is 24.1 Å². The van der Waals surface area contributed by atoms with Crippen molar-refractivity contribution in [3.8, 4) is 5.75 Å². The Hall–Kier alpha value is -3.59. The molecule has 2 aromatic rings. The van der Waals surface area contributed by atoms with E-state index in [1.807, 2.05) is 11.8 Å². The first kappa shape index (κ1) is 35.3. The molecule has 1 saturated heterocycles. The van der Waals surface area contributed by atoms with Gasteiger partial charge in [-0.1, -0.05) is 12.1 Å². The lowest BCUT2D eigenvalue weighted by molar-refractivity contribution is -0.132. The lowest BCUT2D eigenvalue weighted by Gasteiger charge is -2.35. The number of benzene rings is 2. The van der Waals surface area contributed by atoms with E-state index in [4.69, 9.17) is 14.6 Å². The molecule has 4 rings (SSSR count). The zero-order valence-electron chi connectivity index (χ0n) is 26.3. The van der Waals surface area contributed by atoms with Crippen LogP contribution in [0.1, 0.15) is 63.1 Å². The number of carbonyl (C=O) groups is 3. The highest BCUT2D eigenvalue weighted by Gasteiger charge is 2.32. The molecular formula is C33H45N3O10. The molecule has 2 aromatic carbocycles. The molecule has 1 aliphatic heterocycles. The average Bonchev–Trinajstić information content (AvgIpc) is 3.92. The molecule has 1 saturated carbocycles. The standard InChI is InChI=1S/C33H45N3O10/c1-3-46-28-16-25(33(44)45-2)24(21-8-9-21)15-23(28)18-35-10-12-36(13-11-35)29(40)14-20-4-6-22(7-5-20)32(43)34-17-26(38)30(41)31(42)27(39)19-37/h4-7,15-16,21,26-27,30-31,37-39,41-42H,3,8-14,17-19H2,1-2H3,(H,34,43)/t26-,27+,30+,31+/m0/s1. The third-order valence-corrected chi connectivity index (χ3v) is 8.44. The SMILES string of the molecule is CCOc1cc(C(=O)OC)c(C2CC2)cc1CN1CCN(C(=O)Cc2ccc(C(=O)NC[C@H](O)[C@@H](O)[C@H](O)[C@H](O)CO)cc2)CC1. The molecule has 6 N–H and O–H groups in total. The van der Waals surface area contributed by atoms with E-state index >= 15 is 0 Å². The molecule has 13 nitrogen and oxygen atoms in total. The fraction of sp³-hybridized carbons (Fsp3) is 0.545. The maximum atomic E-state index is 13.1. The number of hydrogen-bond acceptors (Lipinski definition) is 11. The molecule has 0 radical (unpaired) electrons. The summed E-state index contributed by atoms with van der Waals surface area (Å²) in [6.07, 6.45) is -4.49. The van der Waals surface area contributed by atoms with Gasteiger partial charge in [-0.3, -0.25) is 14.5 Å². The summed E-state index contributed by atoms with van der Waals surface area (Å²) in [5.41, 5.74) is 3.60. The first-order chi connectivity index (χ1) is 22.1. The summed E-state index contributed by atoms with van der Waals surface area (Å²) in [6.45, 7) is 4.33. The topological polar surface area (TPSA) is 189 Å². The Morgan fingerprint density at radius 2 is 1.61 bits per heavy atom. The van der Waals surface area contributed by atoms with Crippen LogP contribution in [-0.4, -0.2) is 131 Å². The van der Waals surface area contributed by atoms with Gasteiger partial charge in [0.15, 0.2) is 0 Å². The minimum Gasteiger partial charge on any atom is -0.494 e. The highest BCUT2D eigenvalue weighted by atomic mass is 16.5. The van der Waals surface area contributed by atoms with Gasteiger partial charge in [0, 0.05) is 50.4 Å². The van der Waals surface area contributed by atoms with E-state index in [9.17, 15) is 34.8 Å². The molecule has 252 valence electrons. The number of esters is 1. The number of hydrogen-bond donors (Lipinski definition) is 6. The van der Waals surface area contributed by atoms with E-state index in [0.29, 0.717) is 56.6 Å². The number of carbonyl (C=O) groups excluding carboxylic acids is 3. The number of ether oxygens (including phenoxy) is 2. The van der Waals surface area contributed by atoms with Gasteiger partial charge in [0.25, 0.3) is 5.91 Å². The van der Waals surface area contributed by atoms with Crippen molar-refractivity contribution in [1.82, 2.24) is 15.1 Å². The number of rotatable bonds is 15. The van der Waals surface area contributed by atoms with Gasteiger partial charge >= 0.3 is 5.97 Å². The zero-order chi connectivity index (χ0) is 33.4. The van der Waals surface area contributed by atoms with Crippen LogP contribution in [-0.2, 0) is 22.5 Å². The van der Waals surface area contributed by atoms with Crippen molar-refractivity contribution in [2.45, 2.75) is 63.1 Å². The van der Waals surface area contributed by atoms with Crippen molar-refractivity contribution in [1.29, 1.82) is 0 Å².